The number of H-pyrrole nitrogens is 1. The lowest BCUT2D eigenvalue weighted by atomic mass is 10.1. The number of ether oxygens (including phenoxy) is 1. The Labute approximate surface area is 103 Å². The first-order valence-electron chi connectivity index (χ1n) is 5.70. The number of hydrogen-bond acceptors (Lipinski definition) is 5. The van der Waals surface area contributed by atoms with E-state index in [1.807, 2.05) is 19.9 Å². The number of aromatic nitrogens is 3. The number of fused-ring (bicyclic) bond motifs is 1. The molecule has 18 heavy (non-hydrogen) atoms. The number of hydrazone groups is 1. The SMILES string of the molecule is CC(C)c1ccn2nc(N3COC=N3)[nH]c(=O)c12. The summed E-state index contributed by atoms with van der Waals surface area (Å²) in [6, 6.07) is 1.91. The molecule has 0 bridgehead atoms. The zero-order chi connectivity index (χ0) is 12.7. The van der Waals surface area contributed by atoms with Crippen molar-refractivity contribution in [2.45, 2.75) is 19.8 Å². The van der Waals surface area contributed by atoms with E-state index in [2.05, 4.69) is 15.2 Å². The fourth-order valence-electron chi connectivity index (χ4n) is 1.97. The van der Waals surface area contributed by atoms with E-state index in [1.165, 1.54) is 11.4 Å². The van der Waals surface area contributed by atoms with Crippen LogP contribution in [0.5, 0.6) is 0 Å². The summed E-state index contributed by atoms with van der Waals surface area (Å²) in [5.74, 6) is 0.643. The number of rotatable bonds is 2. The molecule has 1 aliphatic heterocycles. The first-order valence-corrected chi connectivity index (χ1v) is 5.70. The lowest BCUT2D eigenvalue weighted by Crippen LogP contribution is -2.23. The first-order chi connectivity index (χ1) is 8.66. The van der Waals surface area contributed by atoms with Crippen LogP contribution < -0.4 is 10.6 Å². The van der Waals surface area contributed by atoms with Crippen molar-refractivity contribution in [2.75, 3.05) is 11.7 Å². The van der Waals surface area contributed by atoms with Crippen molar-refractivity contribution in [3.8, 4) is 0 Å². The van der Waals surface area contributed by atoms with E-state index in [9.17, 15) is 4.79 Å². The highest BCUT2D eigenvalue weighted by atomic mass is 16.5. The molecule has 7 heteroatoms. The molecule has 0 unspecified atom stereocenters. The highest BCUT2D eigenvalue weighted by molar-refractivity contribution is 5.57. The van der Waals surface area contributed by atoms with Crippen molar-refractivity contribution in [1.82, 2.24) is 14.6 Å². The van der Waals surface area contributed by atoms with Gasteiger partial charge in [-0.3, -0.25) is 9.78 Å². The molecule has 0 aliphatic carbocycles. The van der Waals surface area contributed by atoms with Crippen LogP contribution >= 0.6 is 0 Å². The van der Waals surface area contributed by atoms with Gasteiger partial charge in [-0.2, -0.15) is 5.01 Å². The molecule has 0 fully saturated rings. The fraction of sp³-hybridized carbons (Fsp3) is 0.364. The van der Waals surface area contributed by atoms with Gasteiger partial charge in [0, 0.05) is 6.20 Å². The van der Waals surface area contributed by atoms with Gasteiger partial charge in [0.2, 0.25) is 5.95 Å². The Morgan fingerprint density at radius 1 is 1.50 bits per heavy atom. The fourth-order valence-corrected chi connectivity index (χ4v) is 1.97. The van der Waals surface area contributed by atoms with Gasteiger partial charge < -0.3 is 4.74 Å². The molecule has 0 aromatic carbocycles. The summed E-state index contributed by atoms with van der Waals surface area (Å²) >= 11 is 0. The average Bonchev–Trinajstić information content (AvgIpc) is 2.97. The van der Waals surface area contributed by atoms with Gasteiger partial charge in [0.25, 0.3) is 5.56 Å². The highest BCUT2D eigenvalue weighted by Crippen LogP contribution is 2.19. The lowest BCUT2D eigenvalue weighted by molar-refractivity contribution is 0.347. The van der Waals surface area contributed by atoms with Crippen molar-refractivity contribution in [1.29, 1.82) is 0 Å². The summed E-state index contributed by atoms with van der Waals surface area (Å²) in [7, 11) is 0. The molecular weight excluding hydrogens is 234 g/mol. The molecule has 1 aliphatic rings. The molecule has 3 heterocycles. The standard InChI is InChI=1S/C11H13N5O2/c1-7(2)8-3-4-15-9(8)10(17)13-11(14-15)16-6-18-5-12-16/h3-5,7H,6H2,1-2H3,(H,13,14,17). The largest absolute Gasteiger partial charge is 0.459 e. The number of anilines is 1. The van der Waals surface area contributed by atoms with E-state index in [0.29, 0.717) is 11.5 Å². The maximum absolute atomic E-state index is 12.1. The predicted molar refractivity (Wildman–Crippen MR) is 66.8 cm³/mol. The molecule has 2 aromatic rings. The molecule has 1 N–H and O–H groups in total. The smallest absolute Gasteiger partial charge is 0.277 e. The Kier molecular flexibility index (Phi) is 2.32. The van der Waals surface area contributed by atoms with Gasteiger partial charge in [-0.15, -0.1) is 10.2 Å². The van der Waals surface area contributed by atoms with E-state index >= 15 is 0 Å². The van der Waals surface area contributed by atoms with Crippen molar-refractivity contribution in [3.63, 3.8) is 0 Å². The number of nitrogens with one attached hydrogen (secondary N) is 1. The third kappa shape index (κ3) is 1.55. The van der Waals surface area contributed by atoms with Crippen LogP contribution in [-0.4, -0.2) is 27.7 Å². The first kappa shape index (κ1) is 10.8. The van der Waals surface area contributed by atoms with E-state index in [0.717, 1.165) is 5.56 Å². The quantitative estimate of drug-likeness (QED) is 0.855. The monoisotopic (exact) mass is 247 g/mol. The Morgan fingerprint density at radius 2 is 2.33 bits per heavy atom. The molecule has 2 aromatic heterocycles. The Morgan fingerprint density at radius 3 is 3.00 bits per heavy atom. The highest BCUT2D eigenvalue weighted by Gasteiger charge is 2.16. The lowest BCUT2D eigenvalue weighted by Gasteiger charge is -2.10. The topological polar surface area (TPSA) is 75.0 Å². The minimum absolute atomic E-state index is 0.171. The van der Waals surface area contributed by atoms with Crippen molar-refractivity contribution in [2.24, 2.45) is 5.10 Å². The third-order valence-electron chi connectivity index (χ3n) is 2.87. The maximum atomic E-state index is 12.1. The molecular formula is C11H13N5O2. The van der Waals surface area contributed by atoms with Crippen LogP contribution in [0.3, 0.4) is 0 Å². The van der Waals surface area contributed by atoms with Crippen molar-refractivity contribution < 1.29 is 4.74 Å². The summed E-state index contributed by atoms with van der Waals surface area (Å²) < 4.78 is 6.55. The van der Waals surface area contributed by atoms with Gasteiger partial charge in [0.1, 0.15) is 5.52 Å². The van der Waals surface area contributed by atoms with E-state index in [4.69, 9.17) is 4.74 Å². The predicted octanol–water partition coefficient (Wildman–Crippen LogP) is 0.883. The molecule has 0 amide bonds. The van der Waals surface area contributed by atoms with Gasteiger partial charge in [-0.1, -0.05) is 13.8 Å². The summed E-state index contributed by atoms with van der Waals surface area (Å²) in [4.78, 5) is 14.8. The molecule has 0 atom stereocenters. The van der Waals surface area contributed by atoms with Gasteiger partial charge in [0.05, 0.1) is 0 Å². The van der Waals surface area contributed by atoms with Crippen LogP contribution in [0, 0.1) is 0 Å². The summed E-state index contributed by atoms with van der Waals surface area (Å²) in [6.45, 7) is 4.34. The molecule has 0 saturated heterocycles. The zero-order valence-corrected chi connectivity index (χ0v) is 10.1. The Balaban J connectivity index is 2.17. The molecule has 94 valence electrons. The van der Waals surface area contributed by atoms with Crippen LogP contribution in [0.4, 0.5) is 5.95 Å². The number of nitrogens with zero attached hydrogens (tertiary/aromatic N) is 4. The second-order valence-corrected chi connectivity index (χ2v) is 4.41. The maximum Gasteiger partial charge on any atom is 0.277 e. The number of aromatic amines is 1. The van der Waals surface area contributed by atoms with Crippen LogP contribution in [0.1, 0.15) is 25.3 Å². The van der Waals surface area contributed by atoms with Gasteiger partial charge in [0.15, 0.2) is 13.1 Å². The normalized spacial score (nSPS) is 14.7. The molecule has 3 rings (SSSR count). The third-order valence-corrected chi connectivity index (χ3v) is 2.87. The van der Waals surface area contributed by atoms with Gasteiger partial charge in [-0.25, -0.2) is 4.52 Å². The second-order valence-electron chi connectivity index (χ2n) is 4.41. The van der Waals surface area contributed by atoms with Gasteiger partial charge in [-0.05, 0) is 17.5 Å². The zero-order valence-electron chi connectivity index (χ0n) is 10.1. The van der Waals surface area contributed by atoms with Crippen LogP contribution in [0.2, 0.25) is 0 Å². The van der Waals surface area contributed by atoms with Crippen LogP contribution in [-0.2, 0) is 4.74 Å². The van der Waals surface area contributed by atoms with E-state index < -0.39 is 0 Å². The molecule has 0 radical (unpaired) electrons. The van der Waals surface area contributed by atoms with E-state index in [-0.39, 0.29) is 18.2 Å². The number of hydrogen-bond donors (Lipinski definition) is 1. The molecule has 0 spiro atoms. The second kappa shape index (κ2) is 3.86. The van der Waals surface area contributed by atoms with Crippen LogP contribution in [0.15, 0.2) is 22.2 Å². The van der Waals surface area contributed by atoms with Gasteiger partial charge >= 0.3 is 0 Å². The molecule has 7 nitrogen and oxygen atoms in total. The summed E-state index contributed by atoms with van der Waals surface area (Å²) in [6.07, 6.45) is 3.10. The molecule has 0 saturated carbocycles. The Bertz CT molecular complexity index is 670. The summed E-state index contributed by atoms with van der Waals surface area (Å²) in [5, 5.41) is 9.73. The Hall–Kier alpha value is -2.31. The minimum Gasteiger partial charge on any atom is -0.459 e. The average molecular weight is 247 g/mol. The van der Waals surface area contributed by atoms with Crippen molar-refractivity contribution >= 4 is 17.9 Å². The van der Waals surface area contributed by atoms with Crippen LogP contribution in [0.25, 0.3) is 5.52 Å². The van der Waals surface area contributed by atoms with E-state index in [1.54, 1.807) is 10.7 Å². The summed E-state index contributed by atoms with van der Waals surface area (Å²) in [5.41, 5.74) is 1.39. The van der Waals surface area contributed by atoms with Crippen molar-refractivity contribution in [3.05, 3.63) is 28.2 Å². The minimum atomic E-state index is -0.171.